The van der Waals surface area contributed by atoms with Crippen molar-refractivity contribution in [3.63, 3.8) is 0 Å². The number of amides is 2. The Bertz CT molecular complexity index is 2970. The third-order valence-electron chi connectivity index (χ3n) is 13.9. The van der Waals surface area contributed by atoms with Crippen LogP contribution in [0.2, 0.25) is 0 Å². The van der Waals surface area contributed by atoms with Crippen molar-refractivity contribution in [2.24, 2.45) is 0 Å². The van der Waals surface area contributed by atoms with Gasteiger partial charge in [0.25, 0.3) is 0 Å². The molecule has 436 valence electrons. The fourth-order valence-electron chi connectivity index (χ4n) is 9.97. The number of benzene rings is 4. The van der Waals surface area contributed by atoms with E-state index in [4.69, 9.17) is 57.6 Å². The van der Waals surface area contributed by atoms with Gasteiger partial charge in [0.15, 0.2) is 0 Å². The van der Waals surface area contributed by atoms with Gasteiger partial charge in [0.05, 0.1) is 38.9 Å². The number of fused-ring (bicyclic) bond motifs is 8. The van der Waals surface area contributed by atoms with E-state index in [1.807, 2.05) is 26.0 Å². The zero-order chi connectivity index (χ0) is 59.6. The molecule has 0 bridgehead atoms. The van der Waals surface area contributed by atoms with E-state index in [0.29, 0.717) is 58.5 Å². The number of rotatable bonds is 22. The van der Waals surface area contributed by atoms with E-state index < -0.39 is 69.5 Å². The van der Waals surface area contributed by atoms with Crippen molar-refractivity contribution in [2.75, 3.05) is 52.9 Å². The lowest BCUT2D eigenvalue weighted by molar-refractivity contribution is -0.152. The molecule has 0 saturated heterocycles. The van der Waals surface area contributed by atoms with Crippen LogP contribution in [0.3, 0.4) is 0 Å². The third kappa shape index (κ3) is 13.5. The van der Waals surface area contributed by atoms with Crippen LogP contribution < -0.4 is 48.5 Å². The number of hydrogen-bond donors (Lipinski definition) is 4. The highest BCUT2D eigenvalue weighted by atomic mass is 16.6. The first-order valence-electron chi connectivity index (χ1n) is 26.5. The summed E-state index contributed by atoms with van der Waals surface area (Å²) < 4.78 is 55.5. The molecule has 8 rings (SSSR count). The second-order valence-electron chi connectivity index (χ2n) is 20.5. The molecule has 22 heteroatoms. The SMILES string of the molecule is C=CC(=O)NC(C)(C)C(=O)OCCOc1ccc2c(c1)OC(=O)CC21CC(=O)Oc2cc(OCCOC(=O)C(C)(C)NC(=O)C=C)ccc21.CCc1cc2c(cc1OCCO)OC(=O)CC21CC(=O)Oc2cc(OCCO)c(CC)cc21. The van der Waals surface area contributed by atoms with Crippen molar-refractivity contribution in [2.45, 2.75) is 102 Å². The van der Waals surface area contributed by atoms with Gasteiger partial charge in [-0.1, -0.05) is 39.1 Å². The van der Waals surface area contributed by atoms with Crippen molar-refractivity contribution in [1.29, 1.82) is 0 Å². The largest absolute Gasteiger partial charge is 0.491 e. The molecule has 2 spiro atoms. The van der Waals surface area contributed by atoms with E-state index in [0.717, 1.165) is 34.4 Å². The Hall–Kier alpha value is -8.76. The number of aryl methyl sites for hydroxylation is 2. The number of carbonyl (C=O) groups is 8. The van der Waals surface area contributed by atoms with Gasteiger partial charge >= 0.3 is 35.8 Å². The first-order chi connectivity index (χ1) is 39.0. The molecule has 4 aromatic rings. The second kappa shape index (κ2) is 25.8. The molecule has 4 aliphatic heterocycles. The van der Waals surface area contributed by atoms with Crippen molar-refractivity contribution in [1.82, 2.24) is 10.6 Å². The molecule has 0 saturated carbocycles. The Morgan fingerprint density at radius 1 is 0.512 bits per heavy atom. The fourth-order valence-corrected chi connectivity index (χ4v) is 9.97. The summed E-state index contributed by atoms with van der Waals surface area (Å²) >= 11 is 0. The summed E-state index contributed by atoms with van der Waals surface area (Å²) in [5, 5.41) is 23.3. The lowest BCUT2D eigenvalue weighted by Crippen LogP contribution is -2.50. The number of hydrogen-bond acceptors (Lipinski definition) is 20. The molecule has 0 atom stereocenters. The van der Waals surface area contributed by atoms with Crippen LogP contribution in [-0.4, -0.2) is 122 Å². The topological polar surface area (TPSA) is 293 Å². The summed E-state index contributed by atoms with van der Waals surface area (Å²) in [5.74, 6) is -1.55. The highest BCUT2D eigenvalue weighted by Gasteiger charge is 2.51. The van der Waals surface area contributed by atoms with Crippen molar-refractivity contribution in [3.05, 3.63) is 119 Å². The quantitative estimate of drug-likeness (QED) is 0.0346. The van der Waals surface area contributed by atoms with Crippen LogP contribution in [0.4, 0.5) is 0 Å². The van der Waals surface area contributed by atoms with E-state index in [1.165, 1.54) is 39.8 Å². The number of carbonyl (C=O) groups excluding carboxylic acids is 8. The summed E-state index contributed by atoms with van der Waals surface area (Å²) in [7, 11) is 0. The number of nitrogens with one attached hydrogen (secondary N) is 2. The lowest BCUT2D eigenvalue weighted by Gasteiger charge is -2.41. The van der Waals surface area contributed by atoms with Crippen LogP contribution in [0, 0.1) is 0 Å². The highest BCUT2D eigenvalue weighted by Crippen LogP contribution is 2.55. The Labute approximate surface area is 472 Å². The second-order valence-corrected chi connectivity index (χ2v) is 20.5. The minimum atomic E-state index is -1.27. The van der Waals surface area contributed by atoms with E-state index in [2.05, 4.69) is 23.8 Å². The highest BCUT2D eigenvalue weighted by molar-refractivity contribution is 5.94. The molecule has 0 aliphatic carbocycles. The summed E-state index contributed by atoms with van der Waals surface area (Å²) in [5.41, 5.74) is -0.165. The minimum Gasteiger partial charge on any atom is -0.491 e. The van der Waals surface area contributed by atoms with Crippen LogP contribution in [0.1, 0.15) is 101 Å². The maximum Gasteiger partial charge on any atom is 0.331 e. The average molecular weight is 1140 g/mol. The minimum absolute atomic E-state index is 0.00208. The summed E-state index contributed by atoms with van der Waals surface area (Å²) in [6.45, 7) is 16.3. The maximum atomic E-state index is 12.9. The fraction of sp³-hybridized carbons (Fsp3) is 0.400. The van der Waals surface area contributed by atoms with Gasteiger partial charge in [-0.2, -0.15) is 0 Å². The molecule has 2 amide bonds. The van der Waals surface area contributed by atoms with E-state index >= 15 is 0 Å². The predicted octanol–water partition coefficient (Wildman–Crippen LogP) is 5.05. The molecule has 4 aliphatic rings. The Balaban J connectivity index is 0.000000254. The molecule has 82 heavy (non-hydrogen) atoms. The molecule has 4 aromatic carbocycles. The first-order valence-corrected chi connectivity index (χ1v) is 26.5. The molecule has 22 nitrogen and oxygen atoms in total. The number of esters is 6. The van der Waals surface area contributed by atoms with Gasteiger partial charge < -0.3 is 68.2 Å². The summed E-state index contributed by atoms with van der Waals surface area (Å²) in [6, 6.07) is 16.9. The van der Waals surface area contributed by atoms with Gasteiger partial charge in [-0.15, -0.1) is 0 Å². The Morgan fingerprint density at radius 2 is 0.854 bits per heavy atom. The standard InChI is InChI=1S/C35H38N2O12.C25H28O8/c1-7-27(38)36-33(3,4)31(42)46-15-13-44-21-9-11-23-25(17-21)48-29(40)19-35(23)20-30(41)49-26-18-22(10-12-24(26)35)45-14-16-47-32(43)34(5,6)37-28(39)8-2;1-3-15-9-17-21(11-19(15)30-7-5-26)32-23(28)13-25(17)14-24(29)33-22-12-20(31-8-6-27)16(4-2)10-18(22)25/h7-12,17-18H,1-2,13-16,19-20H2,3-6H3,(H,36,38)(H,37,39);9-12,26-27H,3-8,13-14H2,1-2H3. The lowest BCUT2D eigenvalue weighted by atomic mass is 9.66. The molecule has 4 heterocycles. The number of aliphatic hydroxyl groups excluding tert-OH is 2. The molecule has 0 fully saturated rings. The van der Waals surface area contributed by atoms with E-state index in [1.54, 1.807) is 36.4 Å². The van der Waals surface area contributed by atoms with Crippen LogP contribution in [-0.2, 0) is 71.5 Å². The normalized spacial score (nSPS) is 15.1. The number of aliphatic hydroxyl groups is 2. The molecular formula is C60H66N2O20. The summed E-state index contributed by atoms with van der Waals surface area (Å²) in [4.78, 5) is 99.2. The van der Waals surface area contributed by atoms with Crippen molar-refractivity contribution < 1.29 is 95.9 Å². The van der Waals surface area contributed by atoms with E-state index in [9.17, 15) is 38.4 Å². The number of ether oxygens (including phenoxy) is 10. The van der Waals surface area contributed by atoms with Gasteiger partial charge in [0, 0.05) is 57.3 Å². The molecule has 0 aromatic heterocycles. The van der Waals surface area contributed by atoms with Gasteiger partial charge in [0.1, 0.15) is 96.7 Å². The summed E-state index contributed by atoms with van der Waals surface area (Å²) in [6.07, 6.45) is 3.18. The zero-order valence-corrected chi connectivity index (χ0v) is 46.5. The van der Waals surface area contributed by atoms with Gasteiger partial charge in [-0.05, 0) is 88.1 Å². The monoisotopic (exact) mass is 1130 g/mol. The van der Waals surface area contributed by atoms with Gasteiger partial charge in [-0.25, -0.2) is 9.59 Å². The third-order valence-corrected chi connectivity index (χ3v) is 13.9. The smallest absolute Gasteiger partial charge is 0.331 e. The van der Waals surface area contributed by atoms with Gasteiger partial charge in [0.2, 0.25) is 11.8 Å². The van der Waals surface area contributed by atoms with Crippen LogP contribution in [0.15, 0.2) is 86.0 Å². The molecule has 4 N–H and O–H groups in total. The Kier molecular flexibility index (Phi) is 19.1. The van der Waals surface area contributed by atoms with Crippen molar-refractivity contribution in [3.8, 4) is 46.0 Å². The van der Waals surface area contributed by atoms with Crippen LogP contribution in [0.25, 0.3) is 0 Å². The van der Waals surface area contributed by atoms with Crippen LogP contribution >= 0.6 is 0 Å². The van der Waals surface area contributed by atoms with Crippen molar-refractivity contribution >= 4 is 47.6 Å². The first kappa shape index (κ1) is 60.9. The van der Waals surface area contributed by atoms with Gasteiger partial charge in [-0.3, -0.25) is 28.8 Å². The molecular weight excluding hydrogens is 1070 g/mol. The predicted molar refractivity (Wildman–Crippen MR) is 290 cm³/mol. The van der Waals surface area contributed by atoms with Crippen LogP contribution in [0.5, 0.6) is 46.0 Å². The molecule has 0 unspecified atom stereocenters. The molecule has 0 radical (unpaired) electrons. The zero-order valence-electron chi connectivity index (χ0n) is 46.5. The maximum absolute atomic E-state index is 12.9. The van der Waals surface area contributed by atoms with E-state index in [-0.39, 0.29) is 90.0 Å². The average Bonchev–Trinajstić information content (AvgIpc) is 1.44. The Morgan fingerprint density at radius 3 is 1.18 bits per heavy atom.